The molecule has 0 bridgehead atoms. The van der Waals surface area contributed by atoms with Crippen molar-refractivity contribution in [3.63, 3.8) is 0 Å². The van der Waals surface area contributed by atoms with Crippen LogP contribution in [0.4, 0.5) is 4.79 Å². The zero-order valence-corrected chi connectivity index (χ0v) is 15.0. The van der Waals surface area contributed by atoms with E-state index < -0.39 is 0 Å². The zero-order valence-electron chi connectivity index (χ0n) is 15.0. The highest BCUT2D eigenvalue weighted by Crippen LogP contribution is 2.59. The minimum absolute atomic E-state index is 0.0442. The van der Waals surface area contributed by atoms with E-state index >= 15 is 0 Å². The summed E-state index contributed by atoms with van der Waals surface area (Å²) < 4.78 is 1.75. The average molecular weight is 338 g/mol. The van der Waals surface area contributed by atoms with E-state index in [0.717, 1.165) is 12.1 Å². The molecule has 2 aliphatic carbocycles. The maximum absolute atomic E-state index is 12.2. The number of amides is 2. The van der Waals surface area contributed by atoms with Crippen molar-refractivity contribution >= 4 is 6.03 Å². The van der Waals surface area contributed by atoms with Crippen LogP contribution >= 0.6 is 0 Å². The molecule has 5 nitrogen and oxygen atoms in total. The first-order valence-corrected chi connectivity index (χ1v) is 9.20. The van der Waals surface area contributed by atoms with Gasteiger partial charge in [0, 0.05) is 30.8 Å². The maximum Gasteiger partial charge on any atom is 0.315 e. The number of aromatic nitrogens is 2. The summed E-state index contributed by atoms with van der Waals surface area (Å²) in [6, 6.07) is 8.71. The lowest BCUT2D eigenvalue weighted by Gasteiger charge is -2.26. The van der Waals surface area contributed by atoms with E-state index in [1.54, 1.807) is 10.9 Å². The molecule has 25 heavy (non-hydrogen) atoms. The van der Waals surface area contributed by atoms with Gasteiger partial charge in [-0.1, -0.05) is 24.3 Å². The van der Waals surface area contributed by atoms with E-state index in [2.05, 4.69) is 40.0 Å². The van der Waals surface area contributed by atoms with E-state index in [1.807, 2.05) is 20.2 Å². The Morgan fingerprint density at radius 2 is 2.28 bits per heavy atom. The molecular formula is C20H26N4O. The van der Waals surface area contributed by atoms with Gasteiger partial charge in [-0.05, 0) is 49.7 Å². The molecular weight excluding hydrogens is 312 g/mol. The van der Waals surface area contributed by atoms with Gasteiger partial charge in [0.2, 0.25) is 0 Å². The second-order valence-corrected chi connectivity index (χ2v) is 7.59. The molecule has 1 spiro atoms. The van der Waals surface area contributed by atoms with Gasteiger partial charge in [0.1, 0.15) is 0 Å². The van der Waals surface area contributed by atoms with Crippen LogP contribution in [-0.4, -0.2) is 22.4 Å². The topological polar surface area (TPSA) is 59.0 Å². The molecule has 0 radical (unpaired) electrons. The fourth-order valence-corrected chi connectivity index (χ4v) is 4.45. The molecule has 5 heteroatoms. The Morgan fingerprint density at radius 1 is 1.44 bits per heavy atom. The lowest BCUT2D eigenvalue weighted by Crippen LogP contribution is -2.38. The maximum atomic E-state index is 12.2. The lowest BCUT2D eigenvalue weighted by molar-refractivity contribution is 0.237. The van der Waals surface area contributed by atoms with Crippen LogP contribution in [-0.2, 0) is 18.9 Å². The van der Waals surface area contributed by atoms with Gasteiger partial charge in [-0.3, -0.25) is 4.68 Å². The van der Waals surface area contributed by atoms with Crippen molar-refractivity contribution in [3.8, 4) is 0 Å². The Bertz CT molecular complexity index is 784. The van der Waals surface area contributed by atoms with Crippen molar-refractivity contribution in [1.29, 1.82) is 0 Å². The van der Waals surface area contributed by atoms with Crippen LogP contribution in [0.15, 0.2) is 36.7 Å². The summed E-state index contributed by atoms with van der Waals surface area (Å²) in [6.45, 7) is 2.73. The van der Waals surface area contributed by atoms with Crippen LogP contribution in [0.25, 0.3) is 0 Å². The van der Waals surface area contributed by atoms with E-state index in [4.69, 9.17) is 0 Å². The van der Waals surface area contributed by atoms with Crippen molar-refractivity contribution < 1.29 is 4.79 Å². The van der Waals surface area contributed by atoms with Crippen molar-refractivity contribution in [2.45, 2.75) is 44.1 Å². The predicted octanol–water partition coefficient (Wildman–Crippen LogP) is 3.07. The number of rotatable bonds is 4. The molecule has 1 aromatic heterocycles. The molecule has 0 saturated heterocycles. The number of nitrogens with one attached hydrogen (secondary N) is 2. The van der Waals surface area contributed by atoms with Gasteiger partial charge in [0.25, 0.3) is 0 Å². The Kier molecular flexibility index (Phi) is 4.02. The van der Waals surface area contributed by atoms with Crippen LogP contribution in [0.1, 0.15) is 48.9 Å². The smallest absolute Gasteiger partial charge is 0.315 e. The zero-order chi connectivity index (χ0) is 17.4. The molecule has 4 rings (SSSR count). The van der Waals surface area contributed by atoms with Crippen LogP contribution in [0.2, 0.25) is 0 Å². The summed E-state index contributed by atoms with van der Waals surface area (Å²) >= 11 is 0. The van der Waals surface area contributed by atoms with Gasteiger partial charge in [-0.15, -0.1) is 0 Å². The molecule has 3 atom stereocenters. The predicted molar refractivity (Wildman–Crippen MR) is 97.3 cm³/mol. The standard InChI is InChI=1S/C20H26N4O/c1-14(16-11-22-24(2)13-16)23-19(25)21-12-17-10-20(17)9-5-7-15-6-3-4-8-18(15)20/h3-4,6,8,11,13-14,17H,5,7,9-10,12H2,1-2H3,(H2,21,23,25)/t14-,17+,20-/m0/s1. The number of fused-ring (bicyclic) bond motifs is 2. The largest absolute Gasteiger partial charge is 0.338 e. The number of benzene rings is 1. The van der Waals surface area contributed by atoms with Crippen molar-refractivity contribution in [1.82, 2.24) is 20.4 Å². The molecule has 1 fully saturated rings. The first kappa shape index (κ1) is 16.2. The third kappa shape index (κ3) is 3.03. The van der Waals surface area contributed by atoms with E-state index in [1.165, 1.54) is 36.8 Å². The second kappa shape index (κ2) is 6.21. The number of aryl methyl sites for hydroxylation is 2. The number of nitrogens with zero attached hydrogens (tertiary/aromatic N) is 2. The number of carbonyl (C=O) groups excluding carboxylic acids is 1. The van der Waals surface area contributed by atoms with E-state index in [-0.39, 0.29) is 12.1 Å². The lowest BCUT2D eigenvalue weighted by atomic mass is 9.78. The molecule has 1 heterocycles. The number of urea groups is 1. The van der Waals surface area contributed by atoms with Crippen molar-refractivity contribution in [2.24, 2.45) is 13.0 Å². The molecule has 1 saturated carbocycles. The quantitative estimate of drug-likeness (QED) is 0.900. The Hall–Kier alpha value is -2.30. The molecule has 2 N–H and O–H groups in total. The Balaban J connectivity index is 1.32. The van der Waals surface area contributed by atoms with Crippen molar-refractivity contribution in [2.75, 3.05) is 6.54 Å². The molecule has 1 aromatic carbocycles. The third-order valence-electron chi connectivity index (χ3n) is 5.94. The van der Waals surface area contributed by atoms with Crippen molar-refractivity contribution in [3.05, 3.63) is 53.3 Å². The highest BCUT2D eigenvalue weighted by atomic mass is 16.2. The first-order valence-electron chi connectivity index (χ1n) is 9.20. The first-order chi connectivity index (χ1) is 12.1. The number of hydrogen-bond donors (Lipinski definition) is 2. The van der Waals surface area contributed by atoms with Crippen LogP contribution in [0.3, 0.4) is 0 Å². The summed E-state index contributed by atoms with van der Waals surface area (Å²) in [5.41, 5.74) is 4.36. The van der Waals surface area contributed by atoms with E-state index in [9.17, 15) is 4.79 Å². The Labute approximate surface area is 148 Å². The molecule has 2 amide bonds. The van der Waals surface area contributed by atoms with Gasteiger partial charge in [0.15, 0.2) is 0 Å². The van der Waals surface area contributed by atoms with Crippen LogP contribution < -0.4 is 10.6 Å². The second-order valence-electron chi connectivity index (χ2n) is 7.59. The normalized spacial score (nSPS) is 25.3. The Morgan fingerprint density at radius 3 is 3.08 bits per heavy atom. The fraction of sp³-hybridized carbons (Fsp3) is 0.500. The minimum atomic E-state index is -0.0949. The molecule has 132 valence electrons. The fourth-order valence-electron chi connectivity index (χ4n) is 4.45. The SMILES string of the molecule is C[C@H](NC(=O)NC[C@H]1C[C@@]12CCCc1ccccc12)c1cnn(C)c1. The summed E-state index contributed by atoms with van der Waals surface area (Å²) in [6.07, 6.45) is 8.63. The number of hydrogen-bond acceptors (Lipinski definition) is 2. The molecule has 0 unspecified atom stereocenters. The molecule has 0 aliphatic heterocycles. The summed E-state index contributed by atoms with van der Waals surface area (Å²) in [7, 11) is 1.88. The monoisotopic (exact) mass is 338 g/mol. The minimum Gasteiger partial charge on any atom is -0.338 e. The summed E-state index contributed by atoms with van der Waals surface area (Å²) in [5.74, 6) is 0.563. The van der Waals surface area contributed by atoms with Gasteiger partial charge < -0.3 is 10.6 Å². The highest BCUT2D eigenvalue weighted by Gasteiger charge is 2.56. The van der Waals surface area contributed by atoms with Crippen LogP contribution in [0, 0.1) is 5.92 Å². The molecule has 2 aliphatic rings. The van der Waals surface area contributed by atoms with Gasteiger partial charge in [0.05, 0.1) is 12.2 Å². The van der Waals surface area contributed by atoms with Gasteiger partial charge in [-0.25, -0.2) is 4.79 Å². The third-order valence-corrected chi connectivity index (χ3v) is 5.94. The highest BCUT2D eigenvalue weighted by molar-refractivity contribution is 5.74. The van der Waals surface area contributed by atoms with Gasteiger partial charge in [-0.2, -0.15) is 5.10 Å². The molecule has 2 aromatic rings. The average Bonchev–Trinajstić information content (AvgIpc) is 3.10. The summed E-state index contributed by atoms with van der Waals surface area (Å²) in [4.78, 5) is 12.2. The van der Waals surface area contributed by atoms with E-state index in [0.29, 0.717) is 11.3 Å². The van der Waals surface area contributed by atoms with Crippen LogP contribution in [0.5, 0.6) is 0 Å². The number of carbonyl (C=O) groups is 1. The summed E-state index contributed by atoms with van der Waals surface area (Å²) in [5, 5.41) is 10.2. The van der Waals surface area contributed by atoms with Gasteiger partial charge >= 0.3 is 6.03 Å².